The number of carbonyl (C=O) groups is 2. The van der Waals surface area contributed by atoms with Crippen LogP contribution in [0.1, 0.15) is 73.9 Å². The molecule has 224 valence electrons. The Bertz CT molecular complexity index is 1230. The van der Waals surface area contributed by atoms with Gasteiger partial charge in [0.05, 0.1) is 7.11 Å². The molecular formula is C37H47NO4. The second-order valence-electron chi connectivity index (χ2n) is 11.9. The van der Waals surface area contributed by atoms with Crippen LogP contribution < -0.4 is 9.47 Å². The molecule has 3 aromatic rings. The molecular weight excluding hydrogens is 522 g/mol. The number of unbranched alkanes of at least 4 members (excludes halogenated alkanes) is 1. The molecule has 1 saturated heterocycles. The van der Waals surface area contributed by atoms with Crippen LogP contribution in [-0.4, -0.2) is 43.2 Å². The maximum absolute atomic E-state index is 13.3. The summed E-state index contributed by atoms with van der Waals surface area (Å²) in [7, 11) is 1.62. The Morgan fingerprint density at radius 3 is 2.10 bits per heavy atom. The Balaban J connectivity index is 1.28. The van der Waals surface area contributed by atoms with Gasteiger partial charge in [-0.25, -0.2) is 0 Å². The van der Waals surface area contributed by atoms with Crippen molar-refractivity contribution in [1.29, 1.82) is 0 Å². The van der Waals surface area contributed by atoms with Crippen molar-refractivity contribution in [2.45, 2.75) is 65.4 Å². The number of rotatable bonds is 17. The number of benzene rings is 3. The van der Waals surface area contributed by atoms with Gasteiger partial charge in [-0.05, 0) is 105 Å². The molecule has 4 rings (SSSR count). The highest BCUT2D eigenvalue weighted by molar-refractivity contribution is 5.96. The molecule has 0 aliphatic carbocycles. The van der Waals surface area contributed by atoms with Gasteiger partial charge in [-0.3, -0.25) is 9.59 Å². The van der Waals surface area contributed by atoms with Gasteiger partial charge in [0.15, 0.2) is 5.78 Å². The minimum atomic E-state index is -0.0108. The fourth-order valence-electron chi connectivity index (χ4n) is 5.91. The molecule has 5 heteroatoms. The van der Waals surface area contributed by atoms with E-state index in [4.69, 9.17) is 9.47 Å². The molecule has 0 amide bonds. The van der Waals surface area contributed by atoms with E-state index in [9.17, 15) is 9.59 Å². The predicted octanol–water partition coefficient (Wildman–Crippen LogP) is 7.81. The first-order valence-corrected chi connectivity index (χ1v) is 15.6. The standard InChI is InChI=1S/C37H47NO4/c1-28(29(2)36(39)13-7-8-14-37(40)32-17-21-34(41-3)22-18-32)33(26-38-23-9-10-24-38)25-30-15-19-35(20-16-30)42-27-31-11-5-4-6-12-31/h4-6,11-12,15-22,28-29,33H,7-10,13-14,23-27H2,1-3H3. The normalized spacial score (nSPS) is 15.6. The summed E-state index contributed by atoms with van der Waals surface area (Å²) in [6, 6.07) is 25.9. The van der Waals surface area contributed by atoms with E-state index in [2.05, 4.69) is 55.1 Å². The first-order chi connectivity index (χ1) is 20.4. The second-order valence-corrected chi connectivity index (χ2v) is 11.9. The Labute approximate surface area is 252 Å². The average Bonchev–Trinajstić information content (AvgIpc) is 3.55. The van der Waals surface area contributed by atoms with Crippen molar-refractivity contribution in [1.82, 2.24) is 4.90 Å². The summed E-state index contributed by atoms with van der Waals surface area (Å²) in [6.07, 6.45) is 5.95. The summed E-state index contributed by atoms with van der Waals surface area (Å²) in [4.78, 5) is 28.4. The first kappa shape index (κ1) is 31.5. The van der Waals surface area contributed by atoms with Crippen LogP contribution in [0, 0.1) is 17.8 Å². The maximum Gasteiger partial charge on any atom is 0.162 e. The minimum Gasteiger partial charge on any atom is -0.497 e. The van der Waals surface area contributed by atoms with Crippen LogP contribution in [0.2, 0.25) is 0 Å². The van der Waals surface area contributed by atoms with Crippen LogP contribution in [0.25, 0.3) is 0 Å². The maximum atomic E-state index is 13.3. The van der Waals surface area contributed by atoms with Crippen LogP contribution in [0.3, 0.4) is 0 Å². The van der Waals surface area contributed by atoms with Gasteiger partial charge < -0.3 is 14.4 Å². The van der Waals surface area contributed by atoms with E-state index in [1.165, 1.54) is 18.4 Å². The van der Waals surface area contributed by atoms with E-state index >= 15 is 0 Å². The molecule has 0 aromatic heterocycles. The third kappa shape index (κ3) is 9.55. The van der Waals surface area contributed by atoms with E-state index in [0.29, 0.717) is 36.7 Å². The average molecular weight is 570 g/mol. The lowest BCUT2D eigenvalue weighted by molar-refractivity contribution is -0.124. The van der Waals surface area contributed by atoms with Gasteiger partial charge in [0.2, 0.25) is 0 Å². The number of nitrogens with zero attached hydrogens (tertiary/aromatic N) is 1. The summed E-state index contributed by atoms with van der Waals surface area (Å²) >= 11 is 0. The Morgan fingerprint density at radius 1 is 0.786 bits per heavy atom. The van der Waals surface area contributed by atoms with Crippen molar-refractivity contribution in [2.75, 3.05) is 26.7 Å². The largest absolute Gasteiger partial charge is 0.497 e. The van der Waals surface area contributed by atoms with E-state index in [-0.39, 0.29) is 17.6 Å². The zero-order chi connectivity index (χ0) is 29.7. The molecule has 0 spiro atoms. The molecule has 1 aliphatic rings. The number of hydrogen-bond acceptors (Lipinski definition) is 5. The predicted molar refractivity (Wildman–Crippen MR) is 169 cm³/mol. The third-order valence-corrected chi connectivity index (χ3v) is 8.89. The highest BCUT2D eigenvalue weighted by Gasteiger charge is 2.29. The van der Waals surface area contributed by atoms with Crippen molar-refractivity contribution in [3.05, 3.63) is 95.6 Å². The number of Topliss-reactive ketones (excluding diaryl/α,β-unsaturated/α-hetero) is 2. The Kier molecular flexibility index (Phi) is 12.2. The second kappa shape index (κ2) is 16.3. The number of ether oxygens (including phenoxy) is 2. The molecule has 1 heterocycles. The number of carbonyl (C=O) groups excluding carboxylic acids is 2. The minimum absolute atomic E-state index is 0.0108. The third-order valence-electron chi connectivity index (χ3n) is 8.89. The van der Waals surface area contributed by atoms with Crippen molar-refractivity contribution >= 4 is 11.6 Å². The topological polar surface area (TPSA) is 55.8 Å². The molecule has 3 aromatic carbocycles. The molecule has 3 atom stereocenters. The zero-order valence-corrected chi connectivity index (χ0v) is 25.6. The van der Waals surface area contributed by atoms with E-state index in [1.54, 1.807) is 7.11 Å². The zero-order valence-electron chi connectivity index (χ0n) is 25.6. The van der Waals surface area contributed by atoms with E-state index in [1.807, 2.05) is 42.5 Å². The lowest BCUT2D eigenvalue weighted by atomic mass is 9.77. The first-order valence-electron chi connectivity index (χ1n) is 15.6. The summed E-state index contributed by atoms with van der Waals surface area (Å²) in [5, 5.41) is 0. The number of ketones is 2. The lowest BCUT2D eigenvalue weighted by Crippen LogP contribution is -2.35. The smallest absolute Gasteiger partial charge is 0.162 e. The highest BCUT2D eigenvalue weighted by atomic mass is 16.5. The van der Waals surface area contributed by atoms with E-state index < -0.39 is 0 Å². The summed E-state index contributed by atoms with van der Waals surface area (Å²) < 4.78 is 11.2. The van der Waals surface area contributed by atoms with Crippen LogP contribution >= 0.6 is 0 Å². The van der Waals surface area contributed by atoms with Crippen LogP contribution in [-0.2, 0) is 17.8 Å². The SMILES string of the molecule is COc1ccc(C(=O)CCCCC(=O)C(C)C(C)C(Cc2ccc(OCc3ccccc3)cc2)CN2CCCC2)cc1. The lowest BCUT2D eigenvalue weighted by Gasteiger charge is -2.32. The van der Waals surface area contributed by atoms with Crippen LogP contribution in [0.5, 0.6) is 11.5 Å². The Hall–Kier alpha value is -3.44. The van der Waals surface area contributed by atoms with Gasteiger partial charge in [0.25, 0.3) is 0 Å². The molecule has 0 N–H and O–H groups in total. The number of hydrogen-bond donors (Lipinski definition) is 0. The van der Waals surface area contributed by atoms with Crippen molar-refractivity contribution < 1.29 is 19.1 Å². The van der Waals surface area contributed by atoms with Gasteiger partial charge >= 0.3 is 0 Å². The number of likely N-dealkylation sites (tertiary alicyclic amines) is 1. The van der Waals surface area contributed by atoms with Crippen LogP contribution in [0.4, 0.5) is 0 Å². The quantitative estimate of drug-likeness (QED) is 0.123. The molecule has 0 radical (unpaired) electrons. The molecule has 0 saturated carbocycles. The molecule has 3 unspecified atom stereocenters. The van der Waals surface area contributed by atoms with Gasteiger partial charge in [-0.2, -0.15) is 0 Å². The molecule has 1 aliphatic heterocycles. The van der Waals surface area contributed by atoms with Crippen LogP contribution in [0.15, 0.2) is 78.9 Å². The number of methoxy groups -OCH3 is 1. The van der Waals surface area contributed by atoms with Crippen molar-refractivity contribution in [3.8, 4) is 11.5 Å². The van der Waals surface area contributed by atoms with Gasteiger partial charge in [0, 0.05) is 30.9 Å². The highest BCUT2D eigenvalue weighted by Crippen LogP contribution is 2.29. The van der Waals surface area contributed by atoms with Crippen molar-refractivity contribution in [2.24, 2.45) is 17.8 Å². The van der Waals surface area contributed by atoms with Gasteiger partial charge in [-0.1, -0.05) is 56.3 Å². The fourth-order valence-corrected chi connectivity index (χ4v) is 5.91. The molecule has 42 heavy (non-hydrogen) atoms. The fraction of sp³-hybridized carbons (Fsp3) is 0.459. The van der Waals surface area contributed by atoms with Gasteiger partial charge in [-0.15, -0.1) is 0 Å². The molecule has 0 bridgehead atoms. The monoisotopic (exact) mass is 569 g/mol. The van der Waals surface area contributed by atoms with Crippen molar-refractivity contribution in [3.63, 3.8) is 0 Å². The molecule has 5 nitrogen and oxygen atoms in total. The van der Waals surface area contributed by atoms with Gasteiger partial charge in [0.1, 0.15) is 23.9 Å². The summed E-state index contributed by atoms with van der Waals surface area (Å²) in [5.74, 6) is 2.71. The summed E-state index contributed by atoms with van der Waals surface area (Å²) in [6.45, 7) is 8.26. The summed E-state index contributed by atoms with van der Waals surface area (Å²) in [5.41, 5.74) is 3.14. The Morgan fingerprint density at radius 2 is 1.43 bits per heavy atom. The van der Waals surface area contributed by atoms with E-state index in [0.717, 1.165) is 56.0 Å². The molecule has 1 fully saturated rings.